The molecule has 0 heterocycles. The van der Waals surface area contributed by atoms with Crippen LogP contribution in [0.3, 0.4) is 0 Å². The SMILES string of the molecule is Cc1cc(C)c(Nc2cccc(F)c2)c(C)c1. The maximum absolute atomic E-state index is 13.1. The van der Waals surface area contributed by atoms with Gasteiger partial charge in [-0.25, -0.2) is 4.39 Å². The van der Waals surface area contributed by atoms with E-state index in [1.807, 2.05) is 6.07 Å². The Morgan fingerprint density at radius 3 is 2.18 bits per heavy atom. The van der Waals surface area contributed by atoms with E-state index in [9.17, 15) is 4.39 Å². The van der Waals surface area contributed by atoms with Crippen LogP contribution in [0, 0.1) is 26.6 Å². The summed E-state index contributed by atoms with van der Waals surface area (Å²) in [6.07, 6.45) is 0. The molecule has 0 aromatic heterocycles. The highest BCUT2D eigenvalue weighted by atomic mass is 19.1. The second-order valence-electron chi connectivity index (χ2n) is 4.41. The summed E-state index contributed by atoms with van der Waals surface area (Å²) >= 11 is 0. The summed E-state index contributed by atoms with van der Waals surface area (Å²) in [4.78, 5) is 0. The maximum Gasteiger partial charge on any atom is 0.125 e. The Bertz CT molecular complexity index is 523. The van der Waals surface area contributed by atoms with Gasteiger partial charge in [0.15, 0.2) is 0 Å². The van der Waals surface area contributed by atoms with E-state index in [0.717, 1.165) is 11.4 Å². The van der Waals surface area contributed by atoms with Crippen LogP contribution in [0.15, 0.2) is 36.4 Å². The van der Waals surface area contributed by atoms with Crippen molar-refractivity contribution in [2.75, 3.05) is 5.32 Å². The molecular weight excluding hydrogens is 213 g/mol. The van der Waals surface area contributed by atoms with Gasteiger partial charge < -0.3 is 5.32 Å². The van der Waals surface area contributed by atoms with E-state index >= 15 is 0 Å². The highest BCUT2D eigenvalue weighted by molar-refractivity contribution is 5.67. The van der Waals surface area contributed by atoms with Gasteiger partial charge in [0.2, 0.25) is 0 Å². The van der Waals surface area contributed by atoms with Gasteiger partial charge in [0.1, 0.15) is 5.82 Å². The fourth-order valence-corrected chi connectivity index (χ4v) is 2.09. The highest BCUT2D eigenvalue weighted by Crippen LogP contribution is 2.25. The van der Waals surface area contributed by atoms with Crippen molar-refractivity contribution in [3.63, 3.8) is 0 Å². The normalized spacial score (nSPS) is 10.4. The lowest BCUT2D eigenvalue weighted by Crippen LogP contribution is -1.97. The van der Waals surface area contributed by atoms with Crippen LogP contribution >= 0.6 is 0 Å². The van der Waals surface area contributed by atoms with Crippen LogP contribution in [0.25, 0.3) is 0 Å². The minimum atomic E-state index is -0.225. The van der Waals surface area contributed by atoms with Gasteiger partial charge in [-0.1, -0.05) is 23.8 Å². The lowest BCUT2D eigenvalue weighted by atomic mass is 10.0. The summed E-state index contributed by atoms with van der Waals surface area (Å²) in [5.41, 5.74) is 5.42. The summed E-state index contributed by atoms with van der Waals surface area (Å²) in [7, 11) is 0. The Balaban J connectivity index is 2.36. The summed E-state index contributed by atoms with van der Waals surface area (Å²) in [6.45, 7) is 6.19. The molecule has 0 atom stereocenters. The number of hydrogen-bond donors (Lipinski definition) is 1. The average Bonchev–Trinajstić information content (AvgIpc) is 2.23. The van der Waals surface area contributed by atoms with Gasteiger partial charge in [-0.05, 0) is 50.1 Å². The number of benzene rings is 2. The molecule has 17 heavy (non-hydrogen) atoms. The molecule has 1 nitrogen and oxygen atoms in total. The van der Waals surface area contributed by atoms with Gasteiger partial charge in [0, 0.05) is 11.4 Å². The maximum atomic E-state index is 13.1. The Morgan fingerprint density at radius 1 is 0.941 bits per heavy atom. The standard InChI is InChI=1S/C15H16FN/c1-10-7-11(2)15(12(3)8-10)17-14-6-4-5-13(16)9-14/h4-9,17H,1-3H3. The summed E-state index contributed by atoms with van der Waals surface area (Å²) in [5, 5.41) is 3.27. The highest BCUT2D eigenvalue weighted by Gasteiger charge is 2.04. The van der Waals surface area contributed by atoms with Crippen molar-refractivity contribution in [2.24, 2.45) is 0 Å². The van der Waals surface area contributed by atoms with Crippen LogP contribution < -0.4 is 5.32 Å². The molecule has 1 N–H and O–H groups in total. The van der Waals surface area contributed by atoms with Crippen molar-refractivity contribution in [3.8, 4) is 0 Å². The number of halogens is 1. The first-order chi connectivity index (χ1) is 8.06. The first-order valence-electron chi connectivity index (χ1n) is 5.67. The molecule has 0 bridgehead atoms. The van der Waals surface area contributed by atoms with Crippen molar-refractivity contribution < 1.29 is 4.39 Å². The van der Waals surface area contributed by atoms with E-state index in [1.54, 1.807) is 6.07 Å². The zero-order chi connectivity index (χ0) is 12.4. The number of nitrogens with one attached hydrogen (secondary N) is 1. The summed E-state index contributed by atoms with van der Waals surface area (Å²) < 4.78 is 13.1. The number of anilines is 2. The minimum absolute atomic E-state index is 0.225. The zero-order valence-electron chi connectivity index (χ0n) is 10.3. The molecule has 0 unspecified atom stereocenters. The Morgan fingerprint density at radius 2 is 1.59 bits per heavy atom. The predicted octanol–water partition coefficient (Wildman–Crippen LogP) is 4.49. The van der Waals surface area contributed by atoms with Gasteiger partial charge in [-0.15, -0.1) is 0 Å². The molecular formula is C15H16FN. The Hall–Kier alpha value is -1.83. The van der Waals surface area contributed by atoms with Gasteiger partial charge >= 0.3 is 0 Å². The lowest BCUT2D eigenvalue weighted by molar-refractivity contribution is 0.628. The van der Waals surface area contributed by atoms with E-state index in [1.165, 1.54) is 28.8 Å². The fourth-order valence-electron chi connectivity index (χ4n) is 2.09. The van der Waals surface area contributed by atoms with Crippen molar-refractivity contribution in [2.45, 2.75) is 20.8 Å². The van der Waals surface area contributed by atoms with Crippen molar-refractivity contribution in [1.29, 1.82) is 0 Å². The largest absolute Gasteiger partial charge is 0.355 e. The molecule has 0 saturated heterocycles. The van der Waals surface area contributed by atoms with Crippen molar-refractivity contribution in [1.82, 2.24) is 0 Å². The van der Waals surface area contributed by atoms with Crippen LogP contribution in [0.5, 0.6) is 0 Å². The molecule has 0 radical (unpaired) electrons. The molecule has 2 aromatic carbocycles. The second-order valence-corrected chi connectivity index (χ2v) is 4.41. The first-order valence-corrected chi connectivity index (χ1v) is 5.67. The molecule has 0 aliphatic carbocycles. The lowest BCUT2D eigenvalue weighted by Gasteiger charge is -2.13. The van der Waals surface area contributed by atoms with Gasteiger partial charge in [-0.3, -0.25) is 0 Å². The number of aryl methyl sites for hydroxylation is 3. The molecule has 0 amide bonds. The molecule has 2 aromatic rings. The van der Waals surface area contributed by atoms with Crippen molar-refractivity contribution in [3.05, 3.63) is 58.9 Å². The number of hydrogen-bond acceptors (Lipinski definition) is 1. The van der Waals surface area contributed by atoms with E-state index in [0.29, 0.717) is 0 Å². The summed E-state index contributed by atoms with van der Waals surface area (Å²) in [5.74, 6) is -0.225. The van der Waals surface area contributed by atoms with E-state index in [4.69, 9.17) is 0 Å². The van der Waals surface area contributed by atoms with Crippen LogP contribution in [-0.4, -0.2) is 0 Å². The van der Waals surface area contributed by atoms with Crippen molar-refractivity contribution >= 4 is 11.4 Å². The molecule has 0 fully saturated rings. The third-order valence-corrected chi connectivity index (χ3v) is 2.77. The quantitative estimate of drug-likeness (QED) is 0.799. The molecule has 0 aliphatic heterocycles. The molecule has 2 heteroatoms. The zero-order valence-corrected chi connectivity index (χ0v) is 10.3. The Kier molecular flexibility index (Phi) is 3.14. The number of rotatable bonds is 2. The van der Waals surface area contributed by atoms with Gasteiger partial charge in [0.05, 0.1) is 0 Å². The van der Waals surface area contributed by atoms with E-state index < -0.39 is 0 Å². The monoisotopic (exact) mass is 229 g/mol. The average molecular weight is 229 g/mol. The fraction of sp³-hybridized carbons (Fsp3) is 0.200. The molecule has 2 rings (SSSR count). The van der Waals surface area contributed by atoms with Crippen LogP contribution in [0.1, 0.15) is 16.7 Å². The van der Waals surface area contributed by atoms with Gasteiger partial charge in [0.25, 0.3) is 0 Å². The van der Waals surface area contributed by atoms with Gasteiger partial charge in [-0.2, -0.15) is 0 Å². The molecule has 0 saturated carbocycles. The molecule has 0 spiro atoms. The van der Waals surface area contributed by atoms with Crippen LogP contribution in [0.4, 0.5) is 15.8 Å². The third-order valence-electron chi connectivity index (χ3n) is 2.77. The third kappa shape index (κ3) is 2.64. The summed E-state index contributed by atoms with van der Waals surface area (Å²) in [6, 6.07) is 10.8. The van der Waals surface area contributed by atoms with E-state index in [-0.39, 0.29) is 5.82 Å². The minimum Gasteiger partial charge on any atom is -0.355 e. The molecule has 0 aliphatic rings. The molecule has 88 valence electrons. The topological polar surface area (TPSA) is 12.0 Å². The second kappa shape index (κ2) is 4.58. The first kappa shape index (κ1) is 11.6. The Labute approximate surface area is 101 Å². The predicted molar refractivity (Wildman–Crippen MR) is 70.3 cm³/mol. The smallest absolute Gasteiger partial charge is 0.125 e. The van der Waals surface area contributed by atoms with Crippen LogP contribution in [-0.2, 0) is 0 Å². The van der Waals surface area contributed by atoms with E-state index in [2.05, 4.69) is 38.2 Å². The van der Waals surface area contributed by atoms with Crippen LogP contribution in [0.2, 0.25) is 0 Å².